The number of anilines is 1. The van der Waals surface area contributed by atoms with Crippen LogP contribution in [0.5, 0.6) is 6.08 Å². The fraction of sp³-hybridized carbons (Fsp3) is 0.280. The molecule has 3 aromatic rings. The van der Waals surface area contributed by atoms with Gasteiger partial charge < -0.3 is 24.5 Å². The van der Waals surface area contributed by atoms with Crippen LogP contribution in [-0.4, -0.2) is 58.3 Å². The molecule has 11 nitrogen and oxygen atoms in total. The largest absolute Gasteiger partial charge is 0.491 e. The summed E-state index contributed by atoms with van der Waals surface area (Å²) in [4.78, 5) is 56.0. The van der Waals surface area contributed by atoms with Crippen molar-refractivity contribution in [1.82, 2.24) is 15.3 Å². The molecule has 0 fully saturated rings. The fourth-order valence-electron chi connectivity index (χ4n) is 3.11. The number of alkyl halides is 3. The predicted octanol–water partition coefficient (Wildman–Crippen LogP) is 4.01. The van der Waals surface area contributed by atoms with E-state index in [9.17, 15) is 32.3 Å². The number of nitrogens with zero attached hydrogens (tertiary/aromatic N) is 2. The second-order valence-electron chi connectivity index (χ2n) is 8.70. The van der Waals surface area contributed by atoms with Gasteiger partial charge in [0.25, 0.3) is 0 Å². The number of oxazole rings is 1. The molecule has 0 radical (unpaired) electrons. The van der Waals surface area contributed by atoms with Gasteiger partial charge in [0.05, 0.1) is 18.9 Å². The minimum absolute atomic E-state index is 0.0339. The van der Waals surface area contributed by atoms with Crippen molar-refractivity contribution in [2.24, 2.45) is 0 Å². The molecule has 0 aliphatic heterocycles. The summed E-state index contributed by atoms with van der Waals surface area (Å²) < 4.78 is 51.5. The Labute approximate surface area is 229 Å². The predicted molar refractivity (Wildman–Crippen MR) is 135 cm³/mol. The molecule has 0 atom stereocenters. The molecule has 0 saturated carbocycles. The number of ether oxygens (including phenoxy) is 2. The first-order valence-corrected chi connectivity index (χ1v) is 12.4. The van der Waals surface area contributed by atoms with E-state index in [4.69, 9.17) is 9.15 Å². The number of esters is 2. The lowest BCUT2D eigenvalue weighted by Crippen LogP contribution is -2.48. The van der Waals surface area contributed by atoms with Gasteiger partial charge in [0.15, 0.2) is 5.76 Å². The fourth-order valence-corrected chi connectivity index (χ4v) is 4.36. The number of hydrogen-bond acceptors (Lipinski definition) is 10. The van der Waals surface area contributed by atoms with Gasteiger partial charge >= 0.3 is 36.0 Å². The van der Waals surface area contributed by atoms with Crippen LogP contribution in [0.1, 0.15) is 30.6 Å². The van der Waals surface area contributed by atoms with Crippen molar-refractivity contribution < 1.29 is 46.2 Å². The van der Waals surface area contributed by atoms with Crippen molar-refractivity contribution in [3.8, 4) is 17.4 Å². The van der Waals surface area contributed by atoms with Crippen LogP contribution in [0.3, 0.4) is 0 Å². The molecule has 0 aliphatic rings. The molecule has 212 valence electrons. The number of rotatable bonds is 9. The Morgan fingerprint density at radius 1 is 1.05 bits per heavy atom. The average Bonchev–Trinajstić information content (AvgIpc) is 3.37. The lowest BCUT2D eigenvalue weighted by molar-refractivity contribution is -0.193. The van der Waals surface area contributed by atoms with Crippen molar-refractivity contribution in [1.29, 1.82) is 0 Å². The maximum atomic E-state index is 12.5. The number of hydrogen-bond donors (Lipinski definition) is 2. The Hall–Kier alpha value is -4.40. The lowest BCUT2D eigenvalue weighted by Gasteiger charge is -2.25. The summed E-state index contributed by atoms with van der Waals surface area (Å²) in [5, 5.41) is 5.15. The number of nitrogens with one attached hydrogen (secondary N) is 2. The van der Waals surface area contributed by atoms with Crippen LogP contribution < -0.4 is 15.4 Å². The van der Waals surface area contributed by atoms with Gasteiger partial charge in [-0.1, -0.05) is 12.1 Å². The smallest absolute Gasteiger partial charge is 0.454 e. The second-order valence-corrected chi connectivity index (χ2v) is 9.78. The first-order valence-electron chi connectivity index (χ1n) is 11.4. The molecular weight excluding hydrogens is 557 g/mol. The summed E-state index contributed by atoms with van der Waals surface area (Å²) >= 11 is 0.998. The van der Waals surface area contributed by atoms with Crippen molar-refractivity contribution in [3.63, 3.8) is 0 Å². The summed E-state index contributed by atoms with van der Waals surface area (Å²) in [5.41, 5.74) is -0.300. The molecule has 40 heavy (non-hydrogen) atoms. The van der Waals surface area contributed by atoms with E-state index in [1.165, 1.54) is 31.6 Å². The quantitative estimate of drug-likeness (QED) is 0.165. The van der Waals surface area contributed by atoms with Crippen molar-refractivity contribution in [2.45, 2.75) is 37.0 Å². The summed E-state index contributed by atoms with van der Waals surface area (Å²) in [5.74, 6) is -5.32. The molecule has 2 aromatic heterocycles. The standard InChI is InChI=1S/C25H23F3N4O7S/c1-24(2,9-11-40-20-16(8-5-10-29-20)21(35)39-22(36)25(26,27)28)32-19(34)18(33)31-15-7-4-6-14(12-15)17-13-30-23(37-3)38-17/h4-8,10,12-13H,9,11H2,1-3H3,(H,31,33)(H,32,34). The van der Waals surface area contributed by atoms with E-state index in [1.54, 1.807) is 38.1 Å². The van der Waals surface area contributed by atoms with Gasteiger partial charge in [0.1, 0.15) is 5.03 Å². The van der Waals surface area contributed by atoms with Crippen LogP contribution >= 0.6 is 11.8 Å². The van der Waals surface area contributed by atoms with E-state index in [-0.39, 0.29) is 28.8 Å². The Bertz CT molecular complexity index is 1410. The first kappa shape index (κ1) is 30.1. The van der Waals surface area contributed by atoms with Crippen LogP contribution in [0.15, 0.2) is 58.2 Å². The Kier molecular flexibility index (Phi) is 9.52. The normalized spacial score (nSPS) is 11.4. The Morgan fingerprint density at radius 2 is 1.80 bits per heavy atom. The van der Waals surface area contributed by atoms with Gasteiger partial charge in [0.2, 0.25) is 0 Å². The second kappa shape index (κ2) is 12.6. The van der Waals surface area contributed by atoms with Crippen molar-refractivity contribution in [3.05, 3.63) is 54.4 Å². The number of amides is 2. The van der Waals surface area contributed by atoms with Crippen LogP contribution in [0.2, 0.25) is 0 Å². The van der Waals surface area contributed by atoms with E-state index in [0.29, 0.717) is 17.0 Å². The minimum Gasteiger partial charge on any atom is -0.454 e. The molecule has 2 heterocycles. The first-order chi connectivity index (χ1) is 18.8. The van der Waals surface area contributed by atoms with E-state index in [2.05, 4.69) is 25.3 Å². The van der Waals surface area contributed by atoms with Crippen LogP contribution in [-0.2, 0) is 19.1 Å². The summed E-state index contributed by atoms with van der Waals surface area (Å²) in [6.07, 6.45) is -2.22. The average molecular weight is 581 g/mol. The number of methoxy groups -OCH3 is 1. The monoisotopic (exact) mass is 580 g/mol. The third kappa shape index (κ3) is 8.30. The van der Waals surface area contributed by atoms with Gasteiger partial charge in [0, 0.05) is 28.7 Å². The van der Waals surface area contributed by atoms with Crippen molar-refractivity contribution >= 4 is 41.2 Å². The molecule has 2 amide bonds. The van der Waals surface area contributed by atoms with E-state index < -0.39 is 35.5 Å². The van der Waals surface area contributed by atoms with Crippen LogP contribution in [0.4, 0.5) is 18.9 Å². The third-order valence-corrected chi connectivity index (χ3v) is 6.10. The maximum absolute atomic E-state index is 12.5. The molecule has 0 spiro atoms. The van der Waals surface area contributed by atoms with Gasteiger partial charge in [-0.25, -0.2) is 14.6 Å². The van der Waals surface area contributed by atoms with Crippen LogP contribution in [0.25, 0.3) is 11.3 Å². The van der Waals surface area contributed by atoms with Crippen LogP contribution in [0, 0.1) is 0 Å². The van der Waals surface area contributed by atoms with Gasteiger partial charge in [-0.3, -0.25) is 9.59 Å². The highest BCUT2D eigenvalue weighted by Crippen LogP contribution is 2.27. The summed E-state index contributed by atoms with van der Waals surface area (Å²) in [6.45, 7) is 3.32. The summed E-state index contributed by atoms with van der Waals surface area (Å²) in [6, 6.07) is 9.02. The number of halogens is 3. The zero-order valence-corrected chi connectivity index (χ0v) is 22.1. The number of pyridine rings is 1. The Morgan fingerprint density at radius 3 is 2.48 bits per heavy atom. The zero-order chi connectivity index (χ0) is 29.5. The van der Waals surface area contributed by atoms with E-state index in [1.807, 2.05) is 0 Å². The molecule has 0 aliphatic carbocycles. The number of carbonyl (C=O) groups is 4. The maximum Gasteiger partial charge on any atom is 0.491 e. The number of benzene rings is 1. The number of thioether (sulfide) groups is 1. The minimum atomic E-state index is -5.33. The topological polar surface area (TPSA) is 150 Å². The van der Waals surface area contributed by atoms with Crippen molar-refractivity contribution in [2.75, 3.05) is 18.2 Å². The number of aromatic nitrogens is 2. The molecule has 0 saturated heterocycles. The van der Waals surface area contributed by atoms with E-state index >= 15 is 0 Å². The molecule has 0 unspecified atom stereocenters. The zero-order valence-electron chi connectivity index (χ0n) is 21.3. The molecule has 1 aromatic carbocycles. The third-order valence-electron chi connectivity index (χ3n) is 5.10. The molecule has 0 bridgehead atoms. The summed E-state index contributed by atoms with van der Waals surface area (Å²) in [7, 11) is 1.41. The lowest BCUT2D eigenvalue weighted by atomic mass is 10.0. The highest BCUT2D eigenvalue weighted by atomic mass is 32.2. The van der Waals surface area contributed by atoms with E-state index in [0.717, 1.165) is 11.8 Å². The van der Waals surface area contributed by atoms with Gasteiger partial charge in [-0.2, -0.15) is 18.2 Å². The highest BCUT2D eigenvalue weighted by molar-refractivity contribution is 7.99. The Balaban J connectivity index is 1.55. The molecular formula is C25H23F3N4O7S. The van der Waals surface area contributed by atoms with Gasteiger partial charge in [-0.05, 0) is 44.5 Å². The SMILES string of the molecule is COc1ncc(-c2cccc(NC(=O)C(=O)NC(C)(C)CCSc3ncccc3C(=O)OC(=O)C(F)(F)F)c2)o1. The molecule has 2 N–H and O–H groups in total. The molecule has 3 rings (SSSR count). The van der Waals surface area contributed by atoms with Gasteiger partial charge in [-0.15, -0.1) is 11.8 Å². The highest BCUT2D eigenvalue weighted by Gasteiger charge is 2.42. The number of carbonyl (C=O) groups excluding carboxylic acids is 4. The molecule has 15 heteroatoms.